The molecular weight excluding hydrogens is 460 g/mol. The van der Waals surface area contributed by atoms with Crippen molar-refractivity contribution in [3.63, 3.8) is 0 Å². The molecule has 1 aromatic rings. The number of hydrogen-bond donors (Lipinski definition) is 0. The van der Waals surface area contributed by atoms with Crippen LogP contribution in [0.4, 0.5) is 0 Å². The van der Waals surface area contributed by atoms with Gasteiger partial charge in [0.1, 0.15) is 0 Å². The molecule has 0 amide bonds. The van der Waals surface area contributed by atoms with Crippen LogP contribution < -0.4 is 0 Å². The van der Waals surface area contributed by atoms with E-state index in [0.29, 0.717) is 0 Å². The fourth-order valence-corrected chi connectivity index (χ4v) is 3.73. The van der Waals surface area contributed by atoms with Crippen molar-refractivity contribution in [3.8, 4) is 0 Å². The summed E-state index contributed by atoms with van der Waals surface area (Å²) in [5, 5.41) is 0. The van der Waals surface area contributed by atoms with Gasteiger partial charge in [-0.05, 0) is 18.6 Å². The zero-order chi connectivity index (χ0) is 17.5. The summed E-state index contributed by atoms with van der Waals surface area (Å²) < 4.78 is 28.9. The standard InChI is InChI=1S/C20H34O3S.Ce/c1-2-3-4-5-6-7-8-9-10-11-12-16-19-23-24(21,22)20-17-14-13-15-18-20;/h13-15,17-18H,2-12,16,19H2,1H3;. The molecule has 1 aromatic carbocycles. The summed E-state index contributed by atoms with van der Waals surface area (Å²) in [5.74, 6) is 0. The van der Waals surface area contributed by atoms with Gasteiger partial charge in [0.2, 0.25) is 0 Å². The fraction of sp³-hybridized carbons (Fsp3) is 0.700. The average Bonchev–Trinajstić information content (AvgIpc) is 2.60. The summed E-state index contributed by atoms with van der Waals surface area (Å²) in [7, 11) is -3.57. The van der Waals surface area contributed by atoms with Crippen LogP contribution in [-0.2, 0) is 14.3 Å². The van der Waals surface area contributed by atoms with E-state index in [2.05, 4.69) is 6.92 Å². The van der Waals surface area contributed by atoms with E-state index in [0.717, 1.165) is 12.8 Å². The molecule has 0 aliphatic heterocycles. The van der Waals surface area contributed by atoms with E-state index in [1.54, 1.807) is 30.3 Å². The maximum absolute atomic E-state index is 11.9. The first-order valence-electron chi connectivity index (χ1n) is 9.61. The number of unbranched alkanes of at least 4 members (excludes halogenated alkanes) is 11. The van der Waals surface area contributed by atoms with Gasteiger partial charge in [-0.2, -0.15) is 8.42 Å². The molecule has 142 valence electrons. The topological polar surface area (TPSA) is 43.4 Å². The van der Waals surface area contributed by atoms with Crippen molar-refractivity contribution in [2.75, 3.05) is 6.61 Å². The van der Waals surface area contributed by atoms with Gasteiger partial charge in [0.15, 0.2) is 0 Å². The molecular formula is C20H34CeO3S. The van der Waals surface area contributed by atoms with Crippen LogP contribution in [-0.4, -0.2) is 15.0 Å². The minimum atomic E-state index is -3.57. The summed E-state index contributed by atoms with van der Waals surface area (Å²) in [4.78, 5) is 0.240. The summed E-state index contributed by atoms with van der Waals surface area (Å²) in [6.45, 7) is 2.54. The molecule has 0 fully saturated rings. The second kappa shape index (κ2) is 16.7. The molecule has 25 heavy (non-hydrogen) atoms. The van der Waals surface area contributed by atoms with E-state index < -0.39 is 10.1 Å². The maximum Gasteiger partial charge on any atom is 0.296 e. The van der Waals surface area contributed by atoms with Gasteiger partial charge in [0.05, 0.1) is 11.5 Å². The van der Waals surface area contributed by atoms with E-state index in [4.69, 9.17) is 4.18 Å². The normalized spacial score (nSPS) is 11.2. The van der Waals surface area contributed by atoms with Crippen LogP contribution in [0.3, 0.4) is 0 Å². The molecule has 3 nitrogen and oxygen atoms in total. The molecule has 0 saturated heterocycles. The summed E-state index contributed by atoms with van der Waals surface area (Å²) in [6, 6.07) is 8.35. The minimum absolute atomic E-state index is 0. The molecule has 5 heteroatoms. The second-order valence-corrected chi connectivity index (χ2v) is 8.09. The van der Waals surface area contributed by atoms with E-state index >= 15 is 0 Å². The predicted molar refractivity (Wildman–Crippen MR) is 101 cm³/mol. The molecule has 0 unspecified atom stereocenters. The third-order valence-electron chi connectivity index (χ3n) is 4.27. The monoisotopic (exact) mass is 494 g/mol. The van der Waals surface area contributed by atoms with Gasteiger partial charge >= 0.3 is 0 Å². The summed E-state index contributed by atoms with van der Waals surface area (Å²) >= 11 is 0. The first kappa shape index (κ1) is 25.5. The maximum atomic E-state index is 11.9. The molecule has 0 aliphatic rings. The quantitative estimate of drug-likeness (QED) is 0.219. The molecule has 0 bridgehead atoms. The van der Waals surface area contributed by atoms with Crippen LogP contribution in [0.2, 0.25) is 0 Å². The smallest absolute Gasteiger partial charge is 0.266 e. The second-order valence-electron chi connectivity index (χ2n) is 6.48. The molecule has 0 spiro atoms. The van der Waals surface area contributed by atoms with E-state index in [1.165, 1.54) is 64.2 Å². The number of rotatable bonds is 15. The van der Waals surface area contributed by atoms with Gasteiger partial charge in [0, 0.05) is 41.7 Å². The zero-order valence-electron chi connectivity index (χ0n) is 15.7. The van der Waals surface area contributed by atoms with Crippen molar-refractivity contribution in [2.45, 2.75) is 88.9 Å². The van der Waals surface area contributed by atoms with Crippen molar-refractivity contribution in [2.24, 2.45) is 0 Å². The predicted octanol–water partition coefficient (Wildman–Crippen LogP) is 6.09. The van der Waals surface area contributed by atoms with Gasteiger partial charge in [-0.1, -0.05) is 95.8 Å². The molecule has 1 rings (SSSR count). The van der Waals surface area contributed by atoms with Gasteiger partial charge in [-0.15, -0.1) is 0 Å². The van der Waals surface area contributed by atoms with Crippen molar-refractivity contribution >= 4 is 10.1 Å². The Labute approximate surface area is 188 Å². The Morgan fingerprint density at radius 2 is 1.16 bits per heavy atom. The Hall–Kier alpha value is 0.507. The summed E-state index contributed by atoms with van der Waals surface area (Å²) in [5.41, 5.74) is 0. The van der Waals surface area contributed by atoms with Crippen molar-refractivity contribution in [3.05, 3.63) is 30.3 Å². The van der Waals surface area contributed by atoms with Crippen LogP contribution in [0.5, 0.6) is 0 Å². The van der Waals surface area contributed by atoms with Crippen LogP contribution >= 0.6 is 0 Å². The third-order valence-corrected chi connectivity index (χ3v) is 5.59. The number of hydrogen-bond acceptors (Lipinski definition) is 3. The third kappa shape index (κ3) is 13.3. The summed E-state index contributed by atoms with van der Waals surface area (Å²) in [6.07, 6.45) is 15.1. The SMILES string of the molecule is CCCCCCCCCCCCCCOS(=O)(=O)c1ccccc1.[Ce]. The largest absolute Gasteiger partial charge is 0.296 e. The van der Waals surface area contributed by atoms with Gasteiger partial charge < -0.3 is 0 Å². The average molecular weight is 495 g/mol. The zero-order valence-corrected chi connectivity index (χ0v) is 19.7. The Morgan fingerprint density at radius 1 is 0.720 bits per heavy atom. The molecule has 0 N–H and O–H groups in total. The molecule has 0 aliphatic carbocycles. The van der Waals surface area contributed by atoms with Gasteiger partial charge in [-0.25, -0.2) is 0 Å². The van der Waals surface area contributed by atoms with E-state index in [9.17, 15) is 8.42 Å². The molecule has 0 heterocycles. The Bertz CT molecular complexity index is 503. The van der Waals surface area contributed by atoms with Crippen molar-refractivity contribution in [1.29, 1.82) is 0 Å². The molecule has 0 atom stereocenters. The number of benzene rings is 1. The molecule has 0 aromatic heterocycles. The Kier molecular flexibility index (Phi) is 17.0. The van der Waals surface area contributed by atoms with Crippen LogP contribution in [0.15, 0.2) is 35.2 Å². The first-order valence-corrected chi connectivity index (χ1v) is 11.0. The fourth-order valence-electron chi connectivity index (χ4n) is 2.77. The van der Waals surface area contributed by atoms with Gasteiger partial charge in [-0.3, -0.25) is 4.18 Å². The first-order chi connectivity index (χ1) is 11.7. The van der Waals surface area contributed by atoms with E-state index in [-0.39, 0.29) is 53.2 Å². The minimum Gasteiger partial charge on any atom is -0.266 e. The van der Waals surface area contributed by atoms with Gasteiger partial charge in [0.25, 0.3) is 10.1 Å². The Morgan fingerprint density at radius 3 is 1.64 bits per heavy atom. The van der Waals surface area contributed by atoms with Crippen LogP contribution in [0.25, 0.3) is 0 Å². The Balaban J connectivity index is 0.00000576. The van der Waals surface area contributed by atoms with Crippen LogP contribution in [0.1, 0.15) is 84.0 Å². The van der Waals surface area contributed by atoms with Crippen LogP contribution in [0, 0.1) is 41.7 Å². The van der Waals surface area contributed by atoms with Crippen molar-refractivity contribution in [1.82, 2.24) is 0 Å². The molecule has 0 radical (unpaired) electrons. The molecule has 0 saturated carbocycles. The van der Waals surface area contributed by atoms with E-state index in [1.807, 2.05) is 0 Å². The van der Waals surface area contributed by atoms with Crippen molar-refractivity contribution < 1.29 is 54.3 Å².